The molecule has 2 aliphatic rings. The van der Waals surface area contributed by atoms with Gasteiger partial charge in [0.1, 0.15) is 11.5 Å². The topological polar surface area (TPSA) is 153 Å². The number of aromatic nitrogens is 2. The summed E-state index contributed by atoms with van der Waals surface area (Å²) < 4.78 is 6.22. The first kappa shape index (κ1) is 30.9. The van der Waals surface area contributed by atoms with E-state index in [9.17, 15) is 19.6 Å². The molecule has 11 nitrogen and oxygen atoms in total. The van der Waals surface area contributed by atoms with Crippen LogP contribution in [-0.2, 0) is 23.1 Å². The summed E-state index contributed by atoms with van der Waals surface area (Å²) in [5.41, 5.74) is 3.92. The predicted molar refractivity (Wildman–Crippen MR) is 163 cm³/mol. The number of amides is 3. The highest BCUT2D eigenvalue weighted by molar-refractivity contribution is 5.95. The van der Waals surface area contributed by atoms with Crippen molar-refractivity contribution in [3.8, 4) is 6.07 Å². The molecule has 2 atom stereocenters. The van der Waals surface area contributed by atoms with Crippen LogP contribution in [0.15, 0.2) is 40.8 Å². The van der Waals surface area contributed by atoms with Crippen LogP contribution in [-0.4, -0.2) is 71.6 Å². The molecular weight excluding hydrogens is 558 g/mol. The Hall–Kier alpha value is -4.56. The minimum Gasteiger partial charge on any atom is -0.424 e. The fourth-order valence-electron chi connectivity index (χ4n) is 6.46. The molecule has 0 aliphatic heterocycles. The van der Waals surface area contributed by atoms with Crippen molar-refractivity contribution in [1.82, 2.24) is 31.0 Å². The van der Waals surface area contributed by atoms with E-state index < -0.39 is 11.5 Å². The van der Waals surface area contributed by atoms with Gasteiger partial charge in [0.25, 0.3) is 11.8 Å². The van der Waals surface area contributed by atoms with Crippen molar-refractivity contribution in [2.45, 2.75) is 76.4 Å². The molecule has 0 spiro atoms. The first-order valence-corrected chi connectivity index (χ1v) is 15.1. The minimum absolute atomic E-state index is 0.0769. The zero-order valence-electron chi connectivity index (χ0n) is 25.9. The van der Waals surface area contributed by atoms with E-state index in [0.29, 0.717) is 42.2 Å². The lowest BCUT2D eigenvalue weighted by Gasteiger charge is -2.36. The van der Waals surface area contributed by atoms with Crippen molar-refractivity contribution >= 4 is 17.7 Å². The fraction of sp³-hybridized carbons (Fsp3) is 0.455. The summed E-state index contributed by atoms with van der Waals surface area (Å²) >= 11 is 0. The highest BCUT2D eigenvalue weighted by Crippen LogP contribution is 2.48. The lowest BCUT2D eigenvalue weighted by Crippen LogP contribution is -2.47. The summed E-state index contributed by atoms with van der Waals surface area (Å²) in [4.78, 5) is 40.2. The number of hydrogen-bond donors (Lipinski definition) is 3. The van der Waals surface area contributed by atoms with E-state index in [1.54, 1.807) is 45.0 Å². The summed E-state index contributed by atoms with van der Waals surface area (Å²) in [5, 5.41) is 27.1. The number of carbonyl (C=O) groups is 3. The predicted octanol–water partition coefficient (Wildman–Crippen LogP) is 2.80. The van der Waals surface area contributed by atoms with Gasteiger partial charge in [-0.2, -0.15) is 5.26 Å². The average molecular weight is 598 g/mol. The molecular formula is C33H39N7O4. The first-order chi connectivity index (χ1) is 21.1. The molecule has 230 valence electrons. The third kappa shape index (κ3) is 5.82. The van der Waals surface area contributed by atoms with Crippen LogP contribution in [0.3, 0.4) is 0 Å². The molecule has 0 saturated heterocycles. The van der Waals surface area contributed by atoms with E-state index in [1.807, 2.05) is 31.2 Å². The molecule has 5 rings (SSSR count). The molecule has 3 N–H and O–H groups in total. The Morgan fingerprint density at radius 1 is 1.00 bits per heavy atom. The molecule has 2 aliphatic carbocycles. The van der Waals surface area contributed by atoms with Gasteiger partial charge >= 0.3 is 0 Å². The molecule has 3 amide bonds. The SMILES string of the molecule is CNC(=O)c1ccc2c(c1)CCc1cc(C(=O)NC)ccc1C2(C[C@@H](C)NCC(=O)N(C(C)C#N)C1CC1)c1nnc(C)o1. The van der Waals surface area contributed by atoms with Crippen LogP contribution in [0.2, 0.25) is 0 Å². The summed E-state index contributed by atoms with van der Waals surface area (Å²) in [7, 11) is 3.21. The van der Waals surface area contributed by atoms with Gasteiger partial charge in [-0.15, -0.1) is 10.2 Å². The first-order valence-electron chi connectivity index (χ1n) is 15.1. The Labute approximate surface area is 257 Å². The minimum atomic E-state index is -0.948. The second kappa shape index (κ2) is 12.6. The number of nitrogens with one attached hydrogen (secondary N) is 3. The second-order valence-electron chi connectivity index (χ2n) is 11.8. The molecule has 1 fully saturated rings. The number of fused-ring (bicyclic) bond motifs is 2. The summed E-state index contributed by atoms with van der Waals surface area (Å²) in [5.74, 6) is 0.338. The Morgan fingerprint density at radius 2 is 1.57 bits per heavy atom. The second-order valence-corrected chi connectivity index (χ2v) is 11.8. The largest absolute Gasteiger partial charge is 0.424 e. The van der Waals surface area contributed by atoms with Gasteiger partial charge in [-0.3, -0.25) is 14.4 Å². The van der Waals surface area contributed by atoms with E-state index in [1.165, 1.54) is 0 Å². The van der Waals surface area contributed by atoms with E-state index >= 15 is 0 Å². The third-order valence-corrected chi connectivity index (χ3v) is 8.71. The van der Waals surface area contributed by atoms with Gasteiger partial charge in [0.15, 0.2) is 0 Å². The Kier molecular flexibility index (Phi) is 8.83. The highest BCUT2D eigenvalue weighted by atomic mass is 16.4. The third-order valence-electron chi connectivity index (χ3n) is 8.71. The summed E-state index contributed by atoms with van der Waals surface area (Å²) in [6, 6.07) is 13.0. The quantitative estimate of drug-likeness (QED) is 0.323. The van der Waals surface area contributed by atoms with E-state index in [2.05, 4.69) is 32.2 Å². The van der Waals surface area contributed by atoms with Crippen molar-refractivity contribution in [2.24, 2.45) is 0 Å². The van der Waals surface area contributed by atoms with Crippen LogP contribution in [0, 0.1) is 18.3 Å². The van der Waals surface area contributed by atoms with Crippen molar-refractivity contribution in [3.63, 3.8) is 0 Å². The zero-order chi connectivity index (χ0) is 31.6. The molecule has 1 aromatic heterocycles. The van der Waals surface area contributed by atoms with Crippen molar-refractivity contribution in [3.05, 3.63) is 81.6 Å². The number of benzene rings is 2. The number of rotatable bonds is 10. The van der Waals surface area contributed by atoms with E-state index in [4.69, 9.17) is 4.42 Å². The molecule has 0 radical (unpaired) electrons. The summed E-state index contributed by atoms with van der Waals surface area (Å²) in [6.45, 7) is 5.59. The van der Waals surface area contributed by atoms with Gasteiger partial charge in [-0.25, -0.2) is 0 Å². The van der Waals surface area contributed by atoms with Crippen molar-refractivity contribution in [2.75, 3.05) is 20.6 Å². The summed E-state index contributed by atoms with van der Waals surface area (Å²) in [6.07, 6.45) is 3.52. The van der Waals surface area contributed by atoms with Gasteiger partial charge in [0.2, 0.25) is 17.7 Å². The number of aryl methyl sites for hydroxylation is 3. The van der Waals surface area contributed by atoms with Gasteiger partial charge < -0.3 is 25.3 Å². The van der Waals surface area contributed by atoms with Gasteiger partial charge in [0, 0.05) is 44.2 Å². The molecule has 0 bridgehead atoms. The van der Waals surface area contributed by atoms with Crippen LogP contribution < -0.4 is 16.0 Å². The molecule has 11 heteroatoms. The maximum Gasteiger partial charge on any atom is 0.251 e. The molecule has 44 heavy (non-hydrogen) atoms. The van der Waals surface area contributed by atoms with Crippen LogP contribution >= 0.6 is 0 Å². The maximum atomic E-state index is 13.3. The Morgan fingerprint density at radius 3 is 2.02 bits per heavy atom. The fourth-order valence-corrected chi connectivity index (χ4v) is 6.46. The molecule has 1 saturated carbocycles. The molecule has 3 aromatic rings. The molecule has 1 heterocycles. The number of nitrogens with zero attached hydrogens (tertiary/aromatic N) is 4. The normalized spacial score (nSPS) is 16.4. The van der Waals surface area contributed by atoms with E-state index in [0.717, 1.165) is 35.1 Å². The van der Waals surface area contributed by atoms with Gasteiger partial charge in [-0.1, -0.05) is 12.1 Å². The average Bonchev–Trinajstić information content (AvgIpc) is 3.79. The van der Waals surface area contributed by atoms with Crippen LogP contribution in [0.4, 0.5) is 0 Å². The smallest absolute Gasteiger partial charge is 0.251 e. The Balaban J connectivity index is 1.61. The van der Waals surface area contributed by atoms with Gasteiger partial charge in [-0.05, 0) is 92.5 Å². The number of nitriles is 1. The van der Waals surface area contributed by atoms with Crippen molar-refractivity contribution < 1.29 is 18.8 Å². The highest BCUT2D eigenvalue weighted by Gasteiger charge is 2.47. The lowest BCUT2D eigenvalue weighted by molar-refractivity contribution is -0.132. The van der Waals surface area contributed by atoms with Crippen molar-refractivity contribution in [1.29, 1.82) is 5.26 Å². The molecule has 1 unspecified atom stereocenters. The lowest BCUT2D eigenvalue weighted by atomic mass is 9.68. The number of carbonyl (C=O) groups excluding carboxylic acids is 3. The molecule has 2 aromatic carbocycles. The maximum absolute atomic E-state index is 13.3. The monoisotopic (exact) mass is 597 g/mol. The van der Waals surface area contributed by atoms with Crippen LogP contribution in [0.25, 0.3) is 0 Å². The van der Waals surface area contributed by atoms with Gasteiger partial charge in [0.05, 0.1) is 12.6 Å². The van der Waals surface area contributed by atoms with Crippen LogP contribution in [0.5, 0.6) is 0 Å². The van der Waals surface area contributed by atoms with E-state index in [-0.39, 0.29) is 36.3 Å². The van der Waals surface area contributed by atoms with Crippen LogP contribution in [0.1, 0.15) is 87.9 Å². The zero-order valence-corrected chi connectivity index (χ0v) is 25.9. The standard InChI is InChI=1S/C33H39N7O4/c1-19(37-18-29(41)40(20(2)17-34)26-10-11-26)16-33(32-39-38-21(3)44-32)27-12-8-24(30(42)35-4)14-22(27)6-7-23-15-25(31(43)36-5)9-13-28(23)33/h8-9,12-15,19-20,26,37H,6-7,10-11,16,18H2,1-5H3,(H,35,42)(H,36,43)/t19-,20?/m1/s1. The number of hydrogen-bond acceptors (Lipinski definition) is 8. The Bertz CT molecular complexity index is 1550.